The van der Waals surface area contributed by atoms with Crippen molar-refractivity contribution < 1.29 is 9.47 Å². The number of ether oxygens (including phenoxy) is 2. The number of halogens is 1. The number of benzene rings is 6. The highest BCUT2D eigenvalue weighted by Gasteiger charge is 2.51. The molecule has 6 aromatic carbocycles. The Morgan fingerprint density at radius 1 is 0.581 bits per heavy atom. The molecule has 1 spiro atoms. The van der Waals surface area contributed by atoms with Gasteiger partial charge in [0.25, 0.3) is 6.71 Å². The fourth-order valence-electron chi connectivity index (χ4n) is 7.94. The van der Waals surface area contributed by atoms with Crippen molar-refractivity contribution >= 4 is 46.5 Å². The molecule has 4 aliphatic rings. The van der Waals surface area contributed by atoms with Crippen LogP contribution < -0.4 is 25.9 Å². The summed E-state index contributed by atoms with van der Waals surface area (Å²) >= 11 is 8.33. The van der Waals surface area contributed by atoms with Gasteiger partial charge in [0.1, 0.15) is 23.0 Å². The molecule has 0 N–H and O–H groups in total. The molecule has 0 aromatic heterocycles. The second-order valence-electron chi connectivity index (χ2n) is 11.8. The molecule has 3 aliphatic heterocycles. The highest BCUT2D eigenvalue weighted by Crippen LogP contribution is 2.62. The van der Waals surface area contributed by atoms with E-state index in [4.69, 9.17) is 21.1 Å². The Bertz CT molecular complexity index is 2180. The van der Waals surface area contributed by atoms with Crippen LogP contribution in [-0.4, -0.2) is 6.71 Å². The van der Waals surface area contributed by atoms with Crippen molar-refractivity contribution in [1.82, 2.24) is 0 Å². The Hall–Kier alpha value is -4.38. The minimum Gasteiger partial charge on any atom is -0.458 e. The maximum absolute atomic E-state index is 6.87. The van der Waals surface area contributed by atoms with Crippen LogP contribution in [0.4, 0.5) is 0 Å². The van der Waals surface area contributed by atoms with Crippen LogP contribution in [0.25, 0.3) is 11.1 Å². The van der Waals surface area contributed by atoms with Crippen molar-refractivity contribution in [3.8, 4) is 34.1 Å². The molecule has 0 bridgehead atoms. The van der Waals surface area contributed by atoms with Gasteiger partial charge in [-0.25, -0.2) is 0 Å². The minimum atomic E-state index is -0.443. The van der Waals surface area contributed by atoms with Crippen LogP contribution in [0.5, 0.6) is 23.0 Å². The standard InChI is InChI=1S/C38H22BClO2S/c1-21-16-33-37-34(17-21)42-32-20-28-24(19-30(32)39(37)29-15-14-22(40)18-31(29)41-33)23-8-2-3-9-25(23)38(28)26-10-4-6-12-35(26)43-36-13-7-5-11-27(36)38/h2-20H,1H3. The summed E-state index contributed by atoms with van der Waals surface area (Å²) in [6, 6.07) is 41.7. The van der Waals surface area contributed by atoms with Crippen molar-refractivity contribution in [2.24, 2.45) is 0 Å². The van der Waals surface area contributed by atoms with E-state index in [1.807, 2.05) is 23.9 Å². The lowest BCUT2D eigenvalue weighted by atomic mass is 9.34. The van der Waals surface area contributed by atoms with E-state index >= 15 is 0 Å². The molecule has 0 radical (unpaired) electrons. The maximum Gasteiger partial charge on any atom is 0.260 e. The Morgan fingerprint density at radius 3 is 1.93 bits per heavy atom. The highest BCUT2D eigenvalue weighted by atomic mass is 35.5. The van der Waals surface area contributed by atoms with Gasteiger partial charge < -0.3 is 9.47 Å². The largest absolute Gasteiger partial charge is 0.458 e. The van der Waals surface area contributed by atoms with E-state index in [0.717, 1.165) is 44.9 Å². The van der Waals surface area contributed by atoms with Crippen LogP contribution in [0.3, 0.4) is 0 Å². The third-order valence-corrected chi connectivity index (χ3v) is 10.9. The van der Waals surface area contributed by atoms with E-state index in [0.29, 0.717) is 5.02 Å². The molecule has 0 atom stereocenters. The van der Waals surface area contributed by atoms with Crippen molar-refractivity contribution in [3.05, 3.63) is 148 Å². The summed E-state index contributed by atoms with van der Waals surface area (Å²) in [4.78, 5) is 2.59. The summed E-state index contributed by atoms with van der Waals surface area (Å²) in [6.07, 6.45) is 0. The van der Waals surface area contributed by atoms with Gasteiger partial charge in [0.2, 0.25) is 0 Å². The van der Waals surface area contributed by atoms with Gasteiger partial charge >= 0.3 is 0 Å². The molecule has 6 aromatic rings. The second-order valence-corrected chi connectivity index (χ2v) is 13.3. The number of hydrogen-bond donors (Lipinski definition) is 0. The zero-order chi connectivity index (χ0) is 28.4. The van der Waals surface area contributed by atoms with Crippen LogP contribution >= 0.6 is 23.4 Å². The fraction of sp³-hybridized carbons (Fsp3) is 0.0526. The molecular weight excluding hydrogens is 567 g/mol. The average Bonchev–Trinajstić information content (AvgIpc) is 3.29. The molecule has 1 aliphatic carbocycles. The zero-order valence-corrected chi connectivity index (χ0v) is 24.7. The van der Waals surface area contributed by atoms with E-state index < -0.39 is 5.41 Å². The van der Waals surface area contributed by atoms with Gasteiger partial charge in [-0.1, -0.05) is 96.2 Å². The van der Waals surface area contributed by atoms with Crippen LogP contribution in [0.1, 0.15) is 27.8 Å². The summed E-state index contributed by atoms with van der Waals surface area (Å²) in [5.74, 6) is 3.40. The Balaban J connectivity index is 1.32. The topological polar surface area (TPSA) is 18.5 Å². The van der Waals surface area contributed by atoms with E-state index in [2.05, 4.69) is 110 Å². The molecule has 2 nitrogen and oxygen atoms in total. The van der Waals surface area contributed by atoms with E-state index in [-0.39, 0.29) is 6.71 Å². The number of aryl methyl sites for hydroxylation is 1. The van der Waals surface area contributed by atoms with Gasteiger partial charge in [-0.3, -0.25) is 0 Å². The Labute approximate surface area is 259 Å². The number of rotatable bonds is 0. The second kappa shape index (κ2) is 8.38. The van der Waals surface area contributed by atoms with Crippen molar-refractivity contribution in [2.45, 2.75) is 22.1 Å². The summed E-state index contributed by atoms with van der Waals surface area (Å²) in [7, 11) is 0. The molecule has 10 rings (SSSR count). The Kier molecular flexibility index (Phi) is 4.70. The predicted octanol–water partition coefficient (Wildman–Crippen LogP) is 8.20. The highest BCUT2D eigenvalue weighted by molar-refractivity contribution is 7.99. The van der Waals surface area contributed by atoms with Gasteiger partial charge in [0, 0.05) is 20.3 Å². The molecule has 43 heavy (non-hydrogen) atoms. The summed E-state index contributed by atoms with van der Waals surface area (Å²) in [5, 5.41) is 0.666. The fourth-order valence-corrected chi connectivity index (χ4v) is 9.30. The van der Waals surface area contributed by atoms with Gasteiger partial charge in [0.05, 0.1) is 5.41 Å². The molecule has 202 valence electrons. The molecular formula is C38H22BClO2S. The van der Waals surface area contributed by atoms with Gasteiger partial charge in [-0.2, -0.15) is 0 Å². The first-order valence-corrected chi connectivity index (χ1v) is 15.8. The van der Waals surface area contributed by atoms with Crippen LogP contribution in [0, 0.1) is 6.92 Å². The molecule has 0 amide bonds. The lowest BCUT2D eigenvalue weighted by molar-refractivity contribution is 0.463. The first-order valence-electron chi connectivity index (χ1n) is 14.6. The normalized spacial score (nSPS) is 15.2. The first-order chi connectivity index (χ1) is 21.1. The lowest BCUT2D eigenvalue weighted by Gasteiger charge is -2.40. The summed E-state index contributed by atoms with van der Waals surface area (Å²) < 4.78 is 13.3. The third-order valence-electron chi connectivity index (χ3n) is 9.55. The van der Waals surface area contributed by atoms with Gasteiger partial charge in [-0.15, -0.1) is 0 Å². The monoisotopic (exact) mass is 588 g/mol. The number of fused-ring (bicyclic) bond motifs is 13. The summed E-state index contributed by atoms with van der Waals surface area (Å²) in [6.45, 7) is 2.06. The van der Waals surface area contributed by atoms with Crippen molar-refractivity contribution in [1.29, 1.82) is 0 Å². The first kappa shape index (κ1) is 24.1. The van der Waals surface area contributed by atoms with Crippen LogP contribution in [-0.2, 0) is 5.41 Å². The Morgan fingerprint density at radius 2 is 1.21 bits per heavy atom. The van der Waals surface area contributed by atoms with Crippen molar-refractivity contribution in [3.63, 3.8) is 0 Å². The molecule has 3 heterocycles. The number of hydrogen-bond acceptors (Lipinski definition) is 3. The zero-order valence-electron chi connectivity index (χ0n) is 23.1. The maximum atomic E-state index is 6.87. The van der Waals surface area contributed by atoms with Gasteiger partial charge in [-0.05, 0) is 99.3 Å². The van der Waals surface area contributed by atoms with Gasteiger partial charge in [0.15, 0.2) is 0 Å². The molecule has 0 fully saturated rings. The van der Waals surface area contributed by atoms with Crippen LogP contribution in [0.15, 0.2) is 125 Å². The molecule has 0 saturated carbocycles. The smallest absolute Gasteiger partial charge is 0.260 e. The molecule has 0 saturated heterocycles. The van der Waals surface area contributed by atoms with Crippen LogP contribution in [0.2, 0.25) is 5.02 Å². The predicted molar refractivity (Wildman–Crippen MR) is 175 cm³/mol. The minimum absolute atomic E-state index is 0.0223. The van der Waals surface area contributed by atoms with E-state index in [1.54, 1.807) is 0 Å². The van der Waals surface area contributed by atoms with E-state index in [1.165, 1.54) is 43.2 Å². The van der Waals surface area contributed by atoms with Crippen molar-refractivity contribution in [2.75, 3.05) is 0 Å². The quantitative estimate of drug-likeness (QED) is 0.166. The SMILES string of the molecule is Cc1cc2c3c(c1)Oc1cc4c(cc1B3c1ccc(Cl)cc1O2)-c1ccccc1C41c2ccccc2Sc2ccccc21. The third kappa shape index (κ3) is 3.03. The average molecular weight is 589 g/mol. The lowest BCUT2D eigenvalue weighted by Crippen LogP contribution is -2.57. The van der Waals surface area contributed by atoms with E-state index in [9.17, 15) is 0 Å². The molecule has 0 unspecified atom stereocenters. The summed E-state index contributed by atoms with van der Waals surface area (Å²) in [5.41, 5.74) is 11.8. The molecule has 5 heteroatoms.